The van der Waals surface area contributed by atoms with Crippen LogP contribution in [-0.4, -0.2) is 40.3 Å². The number of nitrogens with one attached hydrogen (secondary N) is 1. The average molecular weight is 430 g/mol. The van der Waals surface area contributed by atoms with Crippen LogP contribution in [0.5, 0.6) is 0 Å². The molecular formula is C23H31N3O3S. The molecule has 162 valence electrons. The van der Waals surface area contributed by atoms with E-state index in [9.17, 15) is 9.59 Å². The summed E-state index contributed by atoms with van der Waals surface area (Å²) in [6.07, 6.45) is 1.29. The third-order valence-electron chi connectivity index (χ3n) is 4.90. The van der Waals surface area contributed by atoms with Gasteiger partial charge in [-0.05, 0) is 50.8 Å². The van der Waals surface area contributed by atoms with Crippen LogP contribution in [0.2, 0.25) is 0 Å². The van der Waals surface area contributed by atoms with Gasteiger partial charge in [-0.2, -0.15) is 0 Å². The molecule has 0 bridgehead atoms. The molecule has 0 spiro atoms. The van der Waals surface area contributed by atoms with Crippen LogP contribution < -0.4 is 5.32 Å². The number of carbonyl (C=O) groups is 2. The first-order chi connectivity index (χ1) is 14.3. The fraction of sp³-hybridized carbons (Fsp3) is 0.522. The Labute approximate surface area is 183 Å². The smallest absolute Gasteiger partial charge is 0.338 e. The number of nitrogens with zero attached hydrogens (tertiary/aromatic N) is 2. The van der Waals surface area contributed by atoms with E-state index in [-0.39, 0.29) is 24.0 Å². The Morgan fingerprint density at radius 2 is 2.07 bits per heavy atom. The number of allylic oxidation sites excluding steroid dienone is 1. The Morgan fingerprint density at radius 1 is 1.30 bits per heavy atom. The highest BCUT2D eigenvalue weighted by molar-refractivity contribution is 8.13. The van der Waals surface area contributed by atoms with Crippen molar-refractivity contribution in [1.82, 2.24) is 4.90 Å². The molecule has 6 nitrogen and oxygen atoms in total. The topological polar surface area (TPSA) is 71.0 Å². The van der Waals surface area contributed by atoms with Crippen molar-refractivity contribution in [2.45, 2.75) is 59.6 Å². The molecule has 0 saturated carbocycles. The number of hydrogen-bond donors (Lipinski definition) is 1. The molecule has 2 aliphatic rings. The molecule has 3 rings (SSSR count). The van der Waals surface area contributed by atoms with E-state index in [1.165, 1.54) is 0 Å². The summed E-state index contributed by atoms with van der Waals surface area (Å²) < 4.78 is 5.56. The van der Waals surface area contributed by atoms with Crippen molar-refractivity contribution in [3.63, 3.8) is 0 Å². The number of fused-ring (bicyclic) bond motifs is 1. The molecule has 1 amide bonds. The fourth-order valence-corrected chi connectivity index (χ4v) is 4.74. The molecule has 1 saturated heterocycles. The Balaban J connectivity index is 1.98. The molecule has 30 heavy (non-hydrogen) atoms. The second kappa shape index (κ2) is 9.69. The van der Waals surface area contributed by atoms with Crippen molar-refractivity contribution in [3.05, 3.63) is 41.1 Å². The van der Waals surface area contributed by atoms with E-state index < -0.39 is 0 Å². The fourth-order valence-electron chi connectivity index (χ4n) is 3.72. The molecule has 0 radical (unpaired) electrons. The number of carbonyl (C=O) groups excluding carboxylic acids is 2. The lowest BCUT2D eigenvalue weighted by atomic mass is 9.94. The highest BCUT2D eigenvalue weighted by Crippen LogP contribution is 2.40. The summed E-state index contributed by atoms with van der Waals surface area (Å²) >= 11 is 1.72. The number of esters is 1. The number of thioether (sulfide) groups is 1. The van der Waals surface area contributed by atoms with Crippen LogP contribution in [-0.2, 0) is 14.3 Å². The summed E-state index contributed by atoms with van der Waals surface area (Å²) in [7, 11) is 0. The second-order valence-electron chi connectivity index (χ2n) is 8.42. The lowest BCUT2D eigenvalue weighted by molar-refractivity contribution is -0.143. The standard InChI is InChI=1S/C23H31N3O3S/c1-14(2)12-19(27)25-18-9-6-8-17(13-18)21-20(22(28)29-15(3)4)16(5)24-23-26(21)10-7-11-30-23/h6,8-9,13-15,21H,7,10-12H2,1-5H3,(H,25,27)/t21-/m0/s1. The van der Waals surface area contributed by atoms with Gasteiger partial charge in [0, 0.05) is 24.4 Å². The first kappa shape index (κ1) is 22.4. The van der Waals surface area contributed by atoms with Crippen molar-refractivity contribution in [3.8, 4) is 0 Å². The molecule has 7 heteroatoms. The monoisotopic (exact) mass is 429 g/mol. The molecule has 1 fully saturated rings. The largest absolute Gasteiger partial charge is 0.459 e. The normalized spacial score (nSPS) is 19.0. The van der Waals surface area contributed by atoms with Crippen LogP contribution in [0.25, 0.3) is 0 Å². The Hall–Kier alpha value is -2.28. The number of anilines is 1. The second-order valence-corrected chi connectivity index (χ2v) is 9.48. The number of benzene rings is 1. The highest BCUT2D eigenvalue weighted by Gasteiger charge is 2.38. The molecular weight excluding hydrogens is 398 g/mol. The molecule has 0 aromatic heterocycles. The number of ether oxygens (including phenoxy) is 1. The first-order valence-electron chi connectivity index (χ1n) is 10.6. The highest BCUT2D eigenvalue weighted by atomic mass is 32.2. The van der Waals surface area contributed by atoms with Gasteiger partial charge in [0.2, 0.25) is 5.91 Å². The van der Waals surface area contributed by atoms with Gasteiger partial charge in [0.25, 0.3) is 0 Å². The van der Waals surface area contributed by atoms with Gasteiger partial charge >= 0.3 is 5.97 Å². The summed E-state index contributed by atoms with van der Waals surface area (Å²) in [5, 5.41) is 3.93. The summed E-state index contributed by atoms with van der Waals surface area (Å²) in [5.74, 6) is 0.971. The zero-order valence-electron chi connectivity index (χ0n) is 18.4. The summed E-state index contributed by atoms with van der Waals surface area (Å²) in [5.41, 5.74) is 2.95. The number of hydrogen-bond acceptors (Lipinski definition) is 6. The number of amidine groups is 1. The summed E-state index contributed by atoms with van der Waals surface area (Å²) in [6.45, 7) is 10.4. The number of rotatable bonds is 6. The minimum absolute atomic E-state index is 0.00672. The van der Waals surface area contributed by atoms with E-state index in [2.05, 4.69) is 10.2 Å². The number of aliphatic imine (C=N–C) groups is 1. The van der Waals surface area contributed by atoms with Gasteiger partial charge in [-0.1, -0.05) is 37.7 Å². The van der Waals surface area contributed by atoms with Gasteiger partial charge in [-0.15, -0.1) is 0 Å². The average Bonchev–Trinajstić information content (AvgIpc) is 2.65. The van der Waals surface area contributed by atoms with Crippen molar-refractivity contribution in [2.75, 3.05) is 17.6 Å². The quantitative estimate of drug-likeness (QED) is 0.661. The van der Waals surface area contributed by atoms with Crippen LogP contribution in [0.3, 0.4) is 0 Å². The number of amides is 1. The van der Waals surface area contributed by atoms with Crippen LogP contribution in [0.15, 0.2) is 40.5 Å². The predicted molar refractivity (Wildman–Crippen MR) is 122 cm³/mol. The predicted octanol–water partition coefficient (Wildman–Crippen LogP) is 4.75. The van der Waals surface area contributed by atoms with Crippen molar-refractivity contribution in [1.29, 1.82) is 0 Å². The Kier molecular flexibility index (Phi) is 7.23. The van der Waals surface area contributed by atoms with E-state index in [0.29, 0.717) is 23.6 Å². The zero-order valence-corrected chi connectivity index (χ0v) is 19.2. The molecule has 0 aliphatic carbocycles. The molecule has 2 heterocycles. The third-order valence-corrected chi connectivity index (χ3v) is 5.98. The van der Waals surface area contributed by atoms with Gasteiger partial charge in [-0.3, -0.25) is 4.79 Å². The van der Waals surface area contributed by atoms with Crippen LogP contribution in [0, 0.1) is 5.92 Å². The van der Waals surface area contributed by atoms with E-state index in [0.717, 1.165) is 35.1 Å². The minimum atomic E-state index is -0.333. The molecule has 1 aromatic rings. The zero-order chi connectivity index (χ0) is 21.8. The molecule has 1 N–H and O–H groups in total. The van der Waals surface area contributed by atoms with Gasteiger partial charge < -0.3 is 15.0 Å². The van der Waals surface area contributed by atoms with Crippen LogP contribution in [0.4, 0.5) is 5.69 Å². The van der Waals surface area contributed by atoms with Gasteiger partial charge in [0.05, 0.1) is 23.4 Å². The van der Waals surface area contributed by atoms with Crippen molar-refractivity contribution in [2.24, 2.45) is 10.9 Å². The van der Waals surface area contributed by atoms with Gasteiger partial charge in [0.1, 0.15) is 0 Å². The Bertz CT molecular complexity index is 876. The van der Waals surface area contributed by atoms with E-state index in [1.54, 1.807) is 11.8 Å². The van der Waals surface area contributed by atoms with Crippen molar-refractivity contribution >= 4 is 34.5 Å². The first-order valence-corrected chi connectivity index (χ1v) is 11.5. The van der Waals surface area contributed by atoms with E-state index in [4.69, 9.17) is 9.73 Å². The molecule has 2 aliphatic heterocycles. The van der Waals surface area contributed by atoms with Gasteiger partial charge in [0.15, 0.2) is 5.17 Å². The van der Waals surface area contributed by atoms with E-state index >= 15 is 0 Å². The molecule has 1 aromatic carbocycles. The van der Waals surface area contributed by atoms with Gasteiger partial charge in [-0.25, -0.2) is 9.79 Å². The van der Waals surface area contributed by atoms with Crippen LogP contribution >= 0.6 is 11.8 Å². The van der Waals surface area contributed by atoms with E-state index in [1.807, 2.05) is 58.9 Å². The molecule has 0 unspecified atom stereocenters. The van der Waals surface area contributed by atoms with Crippen LogP contribution in [0.1, 0.15) is 59.1 Å². The SMILES string of the molecule is CC1=C(C(=O)OC(C)C)[C@H](c2cccc(NC(=O)CC(C)C)c2)N2CCCSC2=N1. The summed E-state index contributed by atoms with van der Waals surface area (Å²) in [6, 6.07) is 7.48. The summed E-state index contributed by atoms with van der Waals surface area (Å²) in [4.78, 5) is 32.2. The third kappa shape index (κ3) is 5.25. The lowest BCUT2D eigenvalue weighted by Crippen LogP contribution is -2.42. The maximum absolute atomic E-state index is 13.0. The Morgan fingerprint density at radius 3 is 2.77 bits per heavy atom. The minimum Gasteiger partial charge on any atom is -0.459 e. The lowest BCUT2D eigenvalue weighted by Gasteiger charge is -2.40. The van der Waals surface area contributed by atoms with Crippen molar-refractivity contribution < 1.29 is 14.3 Å². The molecule has 1 atom stereocenters. The maximum atomic E-state index is 13.0. The maximum Gasteiger partial charge on any atom is 0.338 e.